The zero-order valence-electron chi connectivity index (χ0n) is 16.6. The monoisotopic (exact) mass is 384 g/mol. The van der Waals surface area contributed by atoms with E-state index in [2.05, 4.69) is 34.6 Å². The number of aryl methyl sites for hydroxylation is 2. The number of nitrogens with one attached hydrogen (secondary N) is 2. The molecule has 2 heterocycles. The molecule has 3 rings (SSSR count). The summed E-state index contributed by atoms with van der Waals surface area (Å²) in [6.45, 7) is 6.68. The fourth-order valence-electron chi connectivity index (χ4n) is 3.61. The number of hydrogen-bond donors (Lipinski definition) is 2. The average molecular weight is 384 g/mol. The second-order valence-corrected chi connectivity index (χ2v) is 7.02. The second-order valence-electron chi connectivity index (χ2n) is 7.02. The zero-order valence-corrected chi connectivity index (χ0v) is 16.6. The number of pyridine rings is 1. The molecule has 1 aromatic carbocycles. The second kappa shape index (κ2) is 9.03. The molecule has 1 aliphatic rings. The van der Waals surface area contributed by atoms with Gasteiger partial charge < -0.3 is 19.9 Å². The maximum Gasteiger partial charge on any atom is 0.319 e. The number of rotatable bonds is 5. The van der Waals surface area contributed by atoms with E-state index in [4.69, 9.17) is 4.74 Å². The normalized spacial score (nSPS) is 20.0. The van der Waals surface area contributed by atoms with Gasteiger partial charge in [-0.05, 0) is 30.7 Å². The molecule has 0 bridgehead atoms. The van der Waals surface area contributed by atoms with Gasteiger partial charge in [-0.3, -0.25) is 9.69 Å². The highest BCUT2D eigenvalue weighted by Crippen LogP contribution is 2.29. The molecule has 1 fully saturated rings. The molecule has 0 unspecified atom stereocenters. The van der Waals surface area contributed by atoms with E-state index in [0.717, 1.165) is 18.7 Å². The zero-order chi connectivity index (χ0) is 20.1. The summed E-state index contributed by atoms with van der Waals surface area (Å²) in [5.74, 6) is 0. The molecular weight excluding hydrogens is 356 g/mol. The SMILES string of the molecule is CCN1CCO[C@@H](CNC(=O)Nc2c(C)ccn(C)c2=O)[C@@H]1c1ccccc1. The van der Waals surface area contributed by atoms with Crippen LogP contribution in [0.4, 0.5) is 10.5 Å². The first-order chi connectivity index (χ1) is 13.5. The van der Waals surface area contributed by atoms with E-state index in [0.29, 0.717) is 18.8 Å². The number of anilines is 1. The smallest absolute Gasteiger partial charge is 0.319 e. The van der Waals surface area contributed by atoms with Gasteiger partial charge in [0, 0.05) is 26.3 Å². The van der Waals surface area contributed by atoms with E-state index in [1.807, 2.05) is 18.2 Å². The Kier molecular flexibility index (Phi) is 6.49. The van der Waals surface area contributed by atoms with Crippen LogP contribution >= 0.6 is 0 Å². The molecule has 28 heavy (non-hydrogen) atoms. The highest BCUT2D eigenvalue weighted by Gasteiger charge is 2.32. The van der Waals surface area contributed by atoms with Crippen LogP contribution in [0.15, 0.2) is 47.4 Å². The number of aromatic nitrogens is 1. The number of ether oxygens (including phenoxy) is 1. The maximum absolute atomic E-state index is 12.4. The van der Waals surface area contributed by atoms with Crippen LogP contribution in [0.1, 0.15) is 24.1 Å². The molecule has 2 amide bonds. The molecular formula is C21H28N4O3. The molecule has 7 heteroatoms. The number of carbonyl (C=O) groups excluding carboxylic acids is 1. The number of carbonyl (C=O) groups is 1. The summed E-state index contributed by atoms with van der Waals surface area (Å²) >= 11 is 0. The van der Waals surface area contributed by atoms with Crippen LogP contribution in [0.5, 0.6) is 0 Å². The van der Waals surface area contributed by atoms with Crippen molar-refractivity contribution >= 4 is 11.7 Å². The Morgan fingerprint density at radius 2 is 2.00 bits per heavy atom. The van der Waals surface area contributed by atoms with Crippen LogP contribution in [0.25, 0.3) is 0 Å². The molecule has 0 aliphatic carbocycles. The van der Waals surface area contributed by atoms with Crippen molar-refractivity contribution in [2.75, 3.05) is 31.6 Å². The Morgan fingerprint density at radius 3 is 2.71 bits per heavy atom. The predicted octanol–water partition coefficient (Wildman–Crippen LogP) is 2.28. The first kappa shape index (κ1) is 20.1. The summed E-state index contributed by atoms with van der Waals surface area (Å²) in [7, 11) is 1.66. The fraction of sp³-hybridized carbons (Fsp3) is 0.429. The van der Waals surface area contributed by atoms with Gasteiger partial charge in [0.2, 0.25) is 0 Å². The summed E-state index contributed by atoms with van der Waals surface area (Å²) in [6, 6.07) is 11.7. The first-order valence-electron chi connectivity index (χ1n) is 9.63. The molecule has 1 saturated heterocycles. The molecule has 2 N–H and O–H groups in total. The van der Waals surface area contributed by atoms with Gasteiger partial charge in [-0.15, -0.1) is 0 Å². The summed E-state index contributed by atoms with van der Waals surface area (Å²) < 4.78 is 7.44. The van der Waals surface area contributed by atoms with Crippen molar-refractivity contribution in [1.29, 1.82) is 0 Å². The lowest BCUT2D eigenvalue weighted by Crippen LogP contribution is -2.50. The van der Waals surface area contributed by atoms with E-state index in [1.54, 1.807) is 26.2 Å². The molecule has 1 aliphatic heterocycles. The lowest BCUT2D eigenvalue weighted by atomic mass is 9.98. The van der Waals surface area contributed by atoms with Crippen molar-refractivity contribution in [2.24, 2.45) is 7.05 Å². The van der Waals surface area contributed by atoms with Crippen molar-refractivity contribution in [1.82, 2.24) is 14.8 Å². The molecule has 0 spiro atoms. The fourth-order valence-corrected chi connectivity index (χ4v) is 3.61. The van der Waals surface area contributed by atoms with Crippen LogP contribution in [0.3, 0.4) is 0 Å². The number of morpholine rings is 1. The summed E-state index contributed by atoms with van der Waals surface area (Å²) in [5, 5.41) is 5.56. The Balaban J connectivity index is 1.69. The van der Waals surface area contributed by atoms with Gasteiger partial charge in [0.15, 0.2) is 0 Å². The maximum atomic E-state index is 12.4. The minimum Gasteiger partial charge on any atom is -0.373 e. The van der Waals surface area contributed by atoms with Crippen LogP contribution in [0, 0.1) is 6.92 Å². The third kappa shape index (κ3) is 4.43. The first-order valence-corrected chi connectivity index (χ1v) is 9.63. The van der Waals surface area contributed by atoms with Crippen molar-refractivity contribution in [3.63, 3.8) is 0 Å². The third-order valence-electron chi connectivity index (χ3n) is 5.18. The molecule has 1 aromatic heterocycles. The molecule has 0 saturated carbocycles. The molecule has 2 aromatic rings. The quantitative estimate of drug-likeness (QED) is 0.829. The van der Waals surface area contributed by atoms with Crippen molar-refractivity contribution in [3.05, 3.63) is 64.1 Å². The number of hydrogen-bond acceptors (Lipinski definition) is 4. The van der Waals surface area contributed by atoms with Gasteiger partial charge in [0.1, 0.15) is 5.69 Å². The standard InChI is InChI=1S/C21H28N4O3/c1-4-25-12-13-28-17(19(25)16-8-6-5-7-9-16)14-22-21(27)23-18-15(2)10-11-24(3)20(18)26/h5-11,17,19H,4,12-14H2,1-3H3,(H2,22,23,27)/t17-,19-/m0/s1. The van der Waals surface area contributed by atoms with E-state index in [9.17, 15) is 9.59 Å². The number of benzene rings is 1. The van der Waals surface area contributed by atoms with Gasteiger partial charge in [-0.25, -0.2) is 4.79 Å². The average Bonchev–Trinajstić information content (AvgIpc) is 2.72. The molecule has 150 valence electrons. The Bertz CT molecular complexity index is 866. The lowest BCUT2D eigenvalue weighted by molar-refractivity contribution is -0.0680. The highest BCUT2D eigenvalue weighted by molar-refractivity contribution is 5.89. The van der Waals surface area contributed by atoms with Gasteiger partial charge in [-0.2, -0.15) is 0 Å². The van der Waals surface area contributed by atoms with Crippen LogP contribution in [-0.2, 0) is 11.8 Å². The van der Waals surface area contributed by atoms with E-state index < -0.39 is 6.03 Å². The van der Waals surface area contributed by atoms with E-state index in [-0.39, 0.29) is 17.7 Å². The predicted molar refractivity (Wildman–Crippen MR) is 110 cm³/mol. The largest absolute Gasteiger partial charge is 0.373 e. The Labute approximate surface area is 165 Å². The van der Waals surface area contributed by atoms with Gasteiger partial charge in [0.25, 0.3) is 5.56 Å². The van der Waals surface area contributed by atoms with E-state index in [1.165, 1.54) is 10.1 Å². The van der Waals surface area contributed by atoms with Crippen molar-refractivity contribution in [3.8, 4) is 0 Å². The number of urea groups is 1. The van der Waals surface area contributed by atoms with Crippen LogP contribution in [-0.4, -0.2) is 47.8 Å². The minimum atomic E-state index is -0.407. The number of amides is 2. The molecule has 2 atom stereocenters. The van der Waals surface area contributed by atoms with Gasteiger partial charge >= 0.3 is 6.03 Å². The number of likely N-dealkylation sites (N-methyl/N-ethyl adjacent to an activating group) is 1. The minimum absolute atomic E-state index is 0.0755. The van der Waals surface area contributed by atoms with Gasteiger partial charge in [-0.1, -0.05) is 37.3 Å². The third-order valence-corrected chi connectivity index (χ3v) is 5.18. The van der Waals surface area contributed by atoms with Crippen LogP contribution in [0.2, 0.25) is 0 Å². The van der Waals surface area contributed by atoms with E-state index >= 15 is 0 Å². The Hall–Kier alpha value is -2.64. The van der Waals surface area contributed by atoms with Crippen molar-refractivity contribution in [2.45, 2.75) is 26.0 Å². The molecule has 0 radical (unpaired) electrons. The topological polar surface area (TPSA) is 75.6 Å². The summed E-state index contributed by atoms with van der Waals surface area (Å²) in [4.78, 5) is 27.0. The van der Waals surface area contributed by atoms with Crippen LogP contribution < -0.4 is 16.2 Å². The van der Waals surface area contributed by atoms with Crippen molar-refractivity contribution < 1.29 is 9.53 Å². The van der Waals surface area contributed by atoms with Gasteiger partial charge in [0.05, 0.1) is 18.8 Å². The molecule has 7 nitrogen and oxygen atoms in total. The summed E-state index contributed by atoms with van der Waals surface area (Å²) in [6.07, 6.45) is 1.52. The summed E-state index contributed by atoms with van der Waals surface area (Å²) in [5.41, 5.74) is 1.96. The highest BCUT2D eigenvalue weighted by atomic mass is 16.5. The number of nitrogens with zero attached hydrogens (tertiary/aromatic N) is 2. The lowest BCUT2D eigenvalue weighted by Gasteiger charge is -2.41. The Morgan fingerprint density at radius 1 is 1.25 bits per heavy atom.